The number of rotatable bonds is 4. The maximum atomic E-state index is 5.38. The van der Waals surface area contributed by atoms with Crippen LogP contribution in [0.2, 0.25) is 0 Å². The zero-order valence-electron chi connectivity index (χ0n) is 14.0. The Balaban J connectivity index is 1.91. The molecule has 3 nitrogen and oxygen atoms in total. The Bertz CT molecular complexity index is 975. The van der Waals surface area contributed by atoms with Crippen molar-refractivity contribution in [1.29, 1.82) is 0 Å². The topological polar surface area (TPSA) is 27.1 Å². The molecule has 0 aliphatic heterocycles. The van der Waals surface area contributed by atoms with Gasteiger partial charge in [-0.3, -0.25) is 0 Å². The first-order valence-electron chi connectivity index (χ1n) is 8.20. The van der Waals surface area contributed by atoms with Crippen molar-refractivity contribution < 1.29 is 4.74 Å². The number of benzene rings is 3. The van der Waals surface area contributed by atoms with Crippen LogP contribution in [0.3, 0.4) is 0 Å². The first kappa shape index (κ1) is 15.2. The second-order valence-electron chi connectivity index (χ2n) is 5.76. The molecule has 0 aliphatic carbocycles. The van der Waals surface area contributed by atoms with Crippen molar-refractivity contribution in [3.05, 3.63) is 91.0 Å². The number of hydrogen-bond donors (Lipinski definition) is 0. The first-order valence-corrected chi connectivity index (χ1v) is 8.20. The molecule has 1 heterocycles. The van der Waals surface area contributed by atoms with Gasteiger partial charge >= 0.3 is 0 Å². The monoisotopic (exact) mass is 326 g/mol. The lowest BCUT2D eigenvalue weighted by Gasteiger charge is -2.08. The molecule has 25 heavy (non-hydrogen) atoms. The average molecular weight is 326 g/mol. The molecule has 0 amide bonds. The summed E-state index contributed by atoms with van der Waals surface area (Å²) in [5.41, 5.74) is 5.17. The predicted octanol–water partition coefficient (Wildman–Crippen LogP) is 5.21. The Hall–Kier alpha value is -3.33. The summed E-state index contributed by atoms with van der Waals surface area (Å²) in [6.07, 6.45) is 0. The minimum atomic E-state index is 0.833. The van der Waals surface area contributed by atoms with Crippen molar-refractivity contribution in [1.82, 2.24) is 9.78 Å². The van der Waals surface area contributed by atoms with Crippen LogP contribution in [0.25, 0.3) is 28.2 Å². The van der Waals surface area contributed by atoms with E-state index >= 15 is 0 Å². The van der Waals surface area contributed by atoms with E-state index in [-0.39, 0.29) is 0 Å². The van der Waals surface area contributed by atoms with Gasteiger partial charge in [0.2, 0.25) is 0 Å². The molecule has 0 saturated carbocycles. The average Bonchev–Trinajstić information content (AvgIpc) is 3.15. The molecule has 0 fully saturated rings. The zero-order chi connectivity index (χ0) is 17.1. The standard InChI is InChI=1S/C22H18N2O/c1-25-20-14-8-11-18(15-20)22-16-21(17-9-4-2-5-10-17)23-24(22)19-12-6-3-7-13-19/h2-16H,1H3. The van der Waals surface area contributed by atoms with E-state index in [9.17, 15) is 0 Å². The van der Waals surface area contributed by atoms with Gasteiger partial charge in [0.05, 0.1) is 24.2 Å². The fourth-order valence-electron chi connectivity index (χ4n) is 2.89. The van der Waals surface area contributed by atoms with Crippen molar-refractivity contribution in [3.63, 3.8) is 0 Å². The van der Waals surface area contributed by atoms with Gasteiger partial charge in [-0.25, -0.2) is 4.68 Å². The third-order valence-corrected chi connectivity index (χ3v) is 4.15. The van der Waals surface area contributed by atoms with Gasteiger partial charge in [0.15, 0.2) is 0 Å². The number of nitrogens with zero attached hydrogens (tertiary/aromatic N) is 2. The Labute approximate surface area is 147 Å². The van der Waals surface area contributed by atoms with Crippen LogP contribution in [0.5, 0.6) is 5.75 Å². The summed E-state index contributed by atoms with van der Waals surface area (Å²) in [5, 5.41) is 4.86. The SMILES string of the molecule is COc1cccc(-c2cc(-c3ccccc3)nn2-c2ccccc2)c1. The molecule has 0 unspecified atom stereocenters. The predicted molar refractivity (Wildman–Crippen MR) is 101 cm³/mol. The molecular weight excluding hydrogens is 308 g/mol. The number of aromatic nitrogens is 2. The fourth-order valence-corrected chi connectivity index (χ4v) is 2.89. The lowest BCUT2D eigenvalue weighted by Crippen LogP contribution is -1.99. The number of hydrogen-bond acceptors (Lipinski definition) is 2. The van der Waals surface area contributed by atoms with E-state index in [1.165, 1.54) is 0 Å². The fraction of sp³-hybridized carbons (Fsp3) is 0.0455. The van der Waals surface area contributed by atoms with Crippen molar-refractivity contribution >= 4 is 0 Å². The molecule has 0 radical (unpaired) electrons. The number of ether oxygens (including phenoxy) is 1. The van der Waals surface area contributed by atoms with Crippen LogP contribution in [0.4, 0.5) is 0 Å². The zero-order valence-corrected chi connectivity index (χ0v) is 14.0. The summed E-state index contributed by atoms with van der Waals surface area (Å²) >= 11 is 0. The summed E-state index contributed by atoms with van der Waals surface area (Å²) in [4.78, 5) is 0. The summed E-state index contributed by atoms with van der Waals surface area (Å²) in [7, 11) is 1.68. The first-order chi connectivity index (χ1) is 12.3. The van der Waals surface area contributed by atoms with Gasteiger partial charge in [0, 0.05) is 11.1 Å². The van der Waals surface area contributed by atoms with Gasteiger partial charge < -0.3 is 4.74 Å². The van der Waals surface area contributed by atoms with Crippen LogP contribution >= 0.6 is 0 Å². The lowest BCUT2D eigenvalue weighted by molar-refractivity contribution is 0.415. The van der Waals surface area contributed by atoms with E-state index in [4.69, 9.17) is 9.84 Å². The second-order valence-corrected chi connectivity index (χ2v) is 5.76. The molecule has 0 N–H and O–H groups in total. The molecule has 0 spiro atoms. The van der Waals surface area contributed by atoms with Crippen LogP contribution in [0.1, 0.15) is 0 Å². The molecular formula is C22H18N2O. The highest BCUT2D eigenvalue weighted by atomic mass is 16.5. The molecule has 122 valence electrons. The van der Waals surface area contributed by atoms with Crippen molar-refractivity contribution in [2.75, 3.05) is 7.11 Å². The van der Waals surface area contributed by atoms with E-state index in [1.54, 1.807) is 7.11 Å². The van der Waals surface area contributed by atoms with Crippen molar-refractivity contribution in [2.45, 2.75) is 0 Å². The third kappa shape index (κ3) is 3.04. The van der Waals surface area contributed by atoms with Crippen LogP contribution in [0, 0.1) is 0 Å². The van der Waals surface area contributed by atoms with Crippen LogP contribution in [-0.2, 0) is 0 Å². The van der Waals surface area contributed by atoms with E-state index in [2.05, 4.69) is 36.4 Å². The summed E-state index contributed by atoms with van der Waals surface area (Å²) in [6.45, 7) is 0. The Kier molecular flexibility index (Phi) is 4.05. The summed E-state index contributed by atoms with van der Waals surface area (Å²) in [6, 6.07) is 30.6. The largest absolute Gasteiger partial charge is 0.497 e. The molecule has 0 saturated heterocycles. The lowest BCUT2D eigenvalue weighted by atomic mass is 10.1. The quantitative estimate of drug-likeness (QED) is 0.514. The summed E-state index contributed by atoms with van der Waals surface area (Å²) in [5.74, 6) is 0.833. The molecule has 3 heteroatoms. The van der Waals surface area contributed by atoms with Gasteiger partial charge in [-0.2, -0.15) is 5.10 Å². The van der Waals surface area contributed by atoms with E-state index < -0.39 is 0 Å². The molecule has 0 atom stereocenters. The highest BCUT2D eigenvalue weighted by Gasteiger charge is 2.13. The second kappa shape index (κ2) is 6.65. The van der Waals surface area contributed by atoms with Gasteiger partial charge in [0.25, 0.3) is 0 Å². The Morgan fingerprint density at radius 3 is 2.12 bits per heavy atom. The Morgan fingerprint density at radius 1 is 0.720 bits per heavy atom. The van der Waals surface area contributed by atoms with Gasteiger partial charge in [-0.1, -0.05) is 60.7 Å². The van der Waals surface area contributed by atoms with Gasteiger partial charge in [0.1, 0.15) is 5.75 Å². The van der Waals surface area contributed by atoms with E-state index in [0.717, 1.165) is 34.0 Å². The van der Waals surface area contributed by atoms with Crippen molar-refractivity contribution in [2.24, 2.45) is 0 Å². The minimum Gasteiger partial charge on any atom is -0.497 e. The normalized spacial score (nSPS) is 10.6. The number of para-hydroxylation sites is 1. The molecule has 0 aliphatic rings. The Morgan fingerprint density at radius 2 is 1.40 bits per heavy atom. The molecule has 0 bridgehead atoms. The smallest absolute Gasteiger partial charge is 0.119 e. The van der Waals surface area contributed by atoms with Gasteiger partial charge in [-0.05, 0) is 30.3 Å². The molecule has 1 aromatic heterocycles. The van der Waals surface area contributed by atoms with Crippen LogP contribution < -0.4 is 4.74 Å². The third-order valence-electron chi connectivity index (χ3n) is 4.15. The van der Waals surface area contributed by atoms with Crippen LogP contribution in [-0.4, -0.2) is 16.9 Å². The van der Waals surface area contributed by atoms with Gasteiger partial charge in [-0.15, -0.1) is 0 Å². The highest BCUT2D eigenvalue weighted by Crippen LogP contribution is 2.30. The van der Waals surface area contributed by atoms with Crippen molar-refractivity contribution in [3.8, 4) is 34.0 Å². The molecule has 4 aromatic rings. The minimum absolute atomic E-state index is 0.833. The maximum absolute atomic E-state index is 5.38. The van der Waals surface area contributed by atoms with Crippen LogP contribution in [0.15, 0.2) is 91.0 Å². The molecule has 4 rings (SSSR count). The summed E-state index contributed by atoms with van der Waals surface area (Å²) < 4.78 is 7.37. The highest BCUT2D eigenvalue weighted by molar-refractivity contribution is 5.71. The van der Waals surface area contributed by atoms with E-state index in [1.807, 2.05) is 59.3 Å². The van der Waals surface area contributed by atoms with E-state index in [0.29, 0.717) is 0 Å². The molecule has 3 aromatic carbocycles. The number of methoxy groups -OCH3 is 1. The maximum Gasteiger partial charge on any atom is 0.119 e.